The highest BCUT2D eigenvalue weighted by atomic mass is 28.4. The van der Waals surface area contributed by atoms with Gasteiger partial charge in [0.1, 0.15) is 0 Å². The minimum Gasteiger partial charge on any atom is -0.414 e. The van der Waals surface area contributed by atoms with Crippen molar-refractivity contribution >= 4 is 8.32 Å². The van der Waals surface area contributed by atoms with Crippen LogP contribution in [0.2, 0.25) is 19.1 Å². The third-order valence-corrected chi connectivity index (χ3v) is 6.11. The molecule has 0 N–H and O–H groups in total. The van der Waals surface area contributed by atoms with Gasteiger partial charge in [0.05, 0.1) is 0 Å². The van der Waals surface area contributed by atoms with E-state index >= 15 is 0 Å². The zero-order valence-electron chi connectivity index (χ0n) is 14.5. The summed E-state index contributed by atoms with van der Waals surface area (Å²) in [6, 6.07) is 1.07. The first kappa shape index (κ1) is 19.9. The van der Waals surface area contributed by atoms with E-state index in [4.69, 9.17) is 4.43 Å². The molecule has 0 radical (unpaired) electrons. The third-order valence-electron chi connectivity index (χ3n) is 3.86. The normalized spacial score (nSPS) is 13.4. The number of hydrogen-bond donors (Lipinski definition) is 0. The first-order valence-electron chi connectivity index (χ1n) is 8.84. The third kappa shape index (κ3) is 11.7. The van der Waals surface area contributed by atoms with Crippen LogP contribution < -0.4 is 0 Å². The van der Waals surface area contributed by atoms with Gasteiger partial charge in [-0.2, -0.15) is 0 Å². The molecule has 0 aliphatic carbocycles. The van der Waals surface area contributed by atoms with E-state index in [1.54, 1.807) is 0 Å². The molecular formula is C18H38OSi. The molecular weight excluding hydrogens is 260 g/mol. The van der Waals surface area contributed by atoms with E-state index in [0.29, 0.717) is 6.10 Å². The van der Waals surface area contributed by atoms with Crippen LogP contribution in [-0.4, -0.2) is 14.4 Å². The Balaban J connectivity index is 3.82. The van der Waals surface area contributed by atoms with Crippen LogP contribution in [0.25, 0.3) is 0 Å². The molecule has 0 saturated carbocycles. The summed E-state index contributed by atoms with van der Waals surface area (Å²) >= 11 is 0. The van der Waals surface area contributed by atoms with Crippen molar-refractivity contribution in [2.45, 2.75) is 103 Å². The van der Waals surface area contributed by atoms with E-state index in [1.807, 2.05) is 6.08 Å². The van der Waals surface area contributed by atoms with Crippen molar-refractivity contribution in [2.75, 3.05) is 0 Å². The van der Waals surface area contributed by atoms with Crippen molar-refractivity contribution in [3.05, 3.63) is 12.7 Å². The highest BCUT2D eigenvalue weighted by Gasteiger charge is 2.24. The molecule has 0 aliphatic heterocycles. The van der Waals surface area contributed by atoms with Gasteiger partial charge in [-0.25, -0.2) is 0 Å². The molecule has 20 heavy (non-hydrogen) atoms. The van der Waals surface area contributed by atoms with E-state index in [1.165, 1.54) is 64.2 Å². The van der Waals surface area contributed by atoms with Crippen LogP contribution in [0.1, 0.15) is 78.1 Å². The van der Waals surface area contributed by atoms with Crippen LogP contribution in [-0.2, 0) is 4.43 Å². The predicted molar refractivity (Wildman–Crippen MR) is 94.9 cm³/mol. The summed E-state index contributed by atoms with van der Waals surface area (Å²) in [6.07, 6.45) is 16.0. The Kier molecular flexibility index (Phi) is 12.6. The van der Waals surface area contributed by atoms with Gasteiger partial charge in [-0.05, 0) is 32.0 Å². The summed E-state index contributed by atoms with van der Waals surface area (Å²) in [7, 11) is -1.51. The van der Waals surface area contributed by atoms with Crippen molar-refractivity contribution in [2.24, 2.45) is 0 Å². The Hall–Kier alpha value is -0.0831. The Morgan fingerprint density at radius 1 is 0.900 bits per heavy atom. The van der Waals surface area contributed by atoms with Gasteiger partial charge in [-0.15, -0.1) is 6.58 Å². The van der Waals surface area contributed by atoms with Gasteiger partial charge >= 0.3 is 0 Å². The lowest BCUT2D eigenvalue weighted by molar-refractivity contribution is 0.167. The maximum absolute atomic E-state index is 6.43. The quantitative estimate of drug-likeness (QED) is 0.197. The molecule has 120 valence electrons. The zero-order valence-corrected chi connectivity index (χ0v) is 15.5. The second-order valence-electron chi connectivity index (χ2n) is 6.69. The molecule has 0 amide bonds. The molecule has 0 aliphatic rings. The van der Waals surface area contributed by atoms with Gasteiger partial charge in [-0.3, -0.25) is 0 Å². The van der Waals surface area contributed by atoms with Crippen LogP contribution in [0.4, 0.5) is 0 Å². The van der Waals surface area contributed by atoms with Gasteiger partial charge in [0.2, 0.25) is 0 Å². The lowest BCUT2D eigenvalue weighted by Gasteiger charge is -2.28. The average molecular weight is 299 g/mol. The smallest absolute Gasteiger partial charge is 0.190 e. The van der Waals surface area contributed by atoms with E-state index in [-0.39, 0.29) is 0 Å². The highest BCUT2D eigenvalue weighted by molar-refractivity contribution is 6.71. The monoisotopic (exact) mass is 298 g/mol. The number of hydrogen-bond acceptors (Lipinski definition) is 1. The summed E-state index contributed by atoms with van der Waals surface area (Å²) in [5.74, 6) is 0. The number of rotatable bonds is 14. The summed E-state index contributed by atoms with van der Waals surface area (Å²) in [6.45, 7) is 13.1. The van der Waals surface area contributed by atoms with Gasteiger partial charge in [-0.1, -0.05) is 71.3 Å². The fourth-order valence-electron chi connectivity index (χ4n) is 2.76. The van der Waals surface area contributed by atoms with Crippen LogP contribution in [0.5, 0.6) is 0 Å². The summed E-state index contributed by atoms with van der Waals surface area (Å²) < 4.78 is 6.43. The van der Waals surface area contributed by atoms with E-state index in [2.05, 4.69) is 33.5 Å². The van der Waals surface area contributed by atoms with Crippen molar-refractivity contribution < 1.29 is 4.43 Å². The SMILES string of the molecule is C=CC[Si](C)(C)OC(CCC)CCCCCCCCC. The molecule has 0 spiro atoms. The molecule has 0 fully saturated rings. The predicted octanol–water partition coefficient (Wildman–Crippen LogP) is 6.70. The highest BCUT2D eigenvalue weighted by Crippen LogP contribution is 2.21. The molecule has 0 aromatic rings. The Morgan fingerprint density at radius 2 is 1.50 bits per heavy atom. The molecule has 0 heterocycles. The fourth-order valence-corrected chi connectivity index (χ4v) is 4.69. The Morgan fingerprint density at radius 3 is 2.05 bits per heavy atom. The van der Waals surface area contributed by atoms with Gasteiger partial charge in [0, 0.05) is 6.10 Å². The van der Waals surface area contributed by atoms with E-state index in [9.17, 15) is 0 Å². The summed E-state index contributed by atoms with van der Waals surface area (Å²) in [4.78, 5) is 0. The van der Waals surface area contributed by atoms with Crippen molar-refractivity contribution in [3.63, 3.8) is 0 Å². The first-order chi connectivity index (χ1) is 9.55. The van der Waals surface area contributed by atoms with E-state index < -0.39 is 8.32 Å². The maximum Gasteiger partial charge on any atom is 0.190 e. The van der Waals surface area contributed by atoms with Crippen LogP contribution in [0, 0.1) is 0 Å². The first-order valence-corrected chi connectivity index (χ1v) is 12.0. The molecule has 0 bridgehead atoms. The number of allylic oxidation sites excluding steroid dienone is 1. The largest absolute Gasteiger partial charge is 0.414 e. The Bertz CT molecular complexity index is 225. The fraction of sp³-hybridized carbons (Fsp3) is 0.889. The van der Waals surface area contributed by atoms with Crippen LogP contribution in [0.15, 0.2) is 12.7 Å². The average Bonchev–Trinajstić information content (AvgIpc) is 2.37. The minimum absolute atomic E-state index is 0.497. The summed E-state index contributed by atoms with van der Waals surface area (Å²) in [5, 5.41) is 0. The van der Waals surface area contributed by atoms with Crippen LogP contribution in [0.3, 0.4) is 0 Å². The molecule has 0 rings (SSSR count). The molecule has 1 atom stereocenters. The second kappa shape index (κ2) is 12.6. The standard InChI is InChI=1S/C18H38OSi/c1-6-9-10-11-12-13-14-16-18(15-7-2)19-20(4,5)17-8-3/h8,18H,3,6-7,9-17H2,1-2,4-5H3. The van der Waals surface area contributed by atoms with Crippen molar-refractivity contribution in [1.29, 1.82) is 0 Å². The molecule has 1 nitrogen and oxygen atoms in total. The topological polar surface area (TPSA) is 9.23 Å². The molecule has 1 unspecified atom stereocenters. The number of unbranched alkanes of at least 4 members (excludes halogenated alkanes) is 6. The lowest BCUT2D eigenvalue weighted by Crippen LogP contribution is -2.34. The van der Waals surface area contributed by atoms with Gasteiger partial charge in [0.15, 0.2) is 8.32 Å². The van der Waals surface area contributed by atoms with Gasteiger partial charge < -0.3 is 4.43 Å². The molecule has 0 aromatic carbocycles. The molecule has 2 heteroatoms. The maximum atomic E-state index is 6.43. The molecule has 0 aromatic heterocycles. The van der Waals surface area contributed by atoms with Gasteiger partial charge in [0.25, 0.3) is 0 Å². The zero-order chi connectivity index (χ0) is 15.3. The van der Waals surface area contributed by atoms with E-state index in [0.717, 1.165) is 6.04 Å². The second-order valence-corrected chi connectivity index (χ2v) is 10.9. The molecule has 0 saturated heterocycles. The lowest BCUT2D eigenvalue weighted by atomic mass is 10.0. The van der Waals surface area contributed by atoms with Crippen LogP contribution >= 0.6 is 0 Å². The minimum atomic E-state index is -1.51. The van der Waals surface area contributed by atoms with Crippen molar-refractivity contribution in [1.82, 2.24) is 0 Å². The Labute approximate surface area is 129 Å². The summed E-state index contributed by atoms with van der Waals surface area (Å²) in [5.41, 5.74) is 0. The van der Waals surface area contributed by atoms with Crippen molar-refractivity contribution in [3.8, 4) is 0 Å².